The van der Waals surface area contributed by atoms with Gasteiger partial charge in [0.2, 0.25) is 0 Å². The summed E-state index contributed by atoms with van der Waals surface area (Å²) in [5.74, 6) is -1.08. The van der Waals surface area contributed by atoms with Crippen LogP contribution in [-0.2, 0) is 13.6 Å². The van der Waals surface area contributed by atoms with Crippen LogP contribution in [0, 0.1) is 5.82 Å². The maximum absolute atomic E-state index is 13.3. The van der Waals surface area contributed by atoms with E-state index in [9.17, 15) is 14.0 Å². The van der Waals surface area contributed by atoms with Gasteiger partial charge in [-0.05, 0) is 57.9 Å². The molecule has 1 aromatic heterocycles. The fourth-order valence-electron chi connectivity index (χ4n) is 3.46. The van der Waals surface area contributed by atoms with Gasteiger partial charge in [-0.15, -0.1) is 0 Å². The third-order valence-electron chi connectivity index (χ3n) is 4.98. The van der Waals surface area contributed by atoms with Gasteiger partial charge in [0, 0.05) is 35.7 Å². The van der Waals surface area contributed by atoms with E-state index in [1.54, 1.807) is 24.3 Å². The van der Waals surface area contributed by atoms with E-state index in [4.69, 9.17) is 0 Å². The number of fused-ring (bicyclic) bond motifs is 1. The minimum atomic E-state index is -0.469. The molecule has 3 aromatic carbocycles. The number of amides is 2. The summed E-state index contributed by atoms with van der Waals surface area (Å²) in [5.41, 5.74) is 3.12. The lowest BCUT2D eigenvalue weighted by molar-refractivity contribution is 0.0941. The molecule has 0 atom stereocenters. The van der Waals surface area contributed by atoms with E-state index in [0.29, 0.717) is 11.4 Å². The van der Waals surface area contributed by atoms with Crippen LogP contribution in [0.2, 0.25) is 0 Å². The Morgan fingerprint density at radius 2 is 1.74 bits per heavy atom. The number of aryl methyl sites for hydroxylation is 1. The Bertz CT molecular complexity index is 1260. The lowest BCUT2D eigenvalue weighted by Gasteiger charge is -2.10. The van der Waals surface area contributed by atoms with Crippen LogP contribution in [-0.4, -0.2) is 16.4 Å². The summed E-state index contributed by atoms with van der Waals surface area (Å²) >= 11 is 3.54. The van der Waals surface area contributed by atoms with Gasteiger partial charge >= 0.3 is 0 Å². The van der Waals surface area contributed by atoms with Crippen molar-refractivity contribution in [2.45, 2.75) is 6.54 Å². The van der Waals surface area contributed by atoms with Crippen molar-refractivity contribution in [2.24, 2.45) is 7.05 Å². The Kier molecular flexibility index (Phi) is 5.86. The normalized spacial score (nSPS) is 10.8. The van der Waals surface area contributed by atoms with E-state index in [1.165, 1.54) is 18.2 Å². The monoisotopic (exact) mass is 479 g/mol. The highest BCUT2D eigenvalue weighted by atomic mass is 79.9. The summed E-state index contributed by atoms with van der Waals surface area (Å²) in [5, 5.41) is 6.65. The van der Waals surface area contributed by atoms with Crippen molar-refractivity contribution in [1.82, 2.24) is 9.88 Å². The highest BCUT2D eigenvalue weighted by molar-refractivity contribution is 9.10. The van der Waals surface area contributed by atoms with Crippen molar-refractivity contribution in [3.8, 4) is 0 Å². The number of halogens is 2. The quantitative estimate of drug-likeness (QED) is 0.409. The number of nitrogens with one attached hydrogen (secondary N) is 2. The second-order valence-electron chi connectivity index (χ2n) is 7.09. The van der Waals surface area contributed by atoms with Gasteiger partial charge in [-0.25, -0.2) is 4.39 Å². The lowest BCUT2D eigenvalue weighted by atomic mass is 10.1. The Morgan fingerprint density at radius 1 is 0.968 bits per heavy atom. The molecule has 0 unspecified atom stereocenters. The Hall–Kier alpha value is -3.45. The van der Waals surface area contributed by atoms with E-state index in [0.717, 1.165) is 20.9 Å². The number of hydrogen-bond donors (Lipinski definition) is 2. The van der Waals surface area contributed by atoms with Crippen LogP contribution in [0.3, 0.4) is 0 Å². The fourth-order valence-corrected chi connectivity index (χ4v) is 4.24. The molecular formula is C24H19BrFN3O2. The molecule has 2 amide bonds. The summed E-state index contributed by atoms with van der Waals surface area (Å²) < 4.78 is 15.9. The largest absolute Gasteiger partial charge is 0.347 e. The number of benzene rings is 3. The van der Waals surface area contributed by atoms with Crippen LogP contribution < -0.4 is 10.6 Å². The highest BCUT2D eigenvalue weighted by Crippen LogP contribution is 2.30. The summed E-state index contributed by atoms with van der Waals surface area (Å²) in [6, 6.07) is 20.4. The molecule has 4 rings (SSSR count). The highest BCUT2D eigenvalue weighted by Gasteiger charge is 2.19. The third-order valence-corrected chi connectivity index (χ3v) is 5.79. The van der Waals surface area contributed by atoms with Gasteiger partial charge in [0.05, 0.1) is 4.47 Å². The van der Waals surface area contributed by atoms with Crippen molar-refractivity contribution in [1.29, 1.82) is 0 Å². The van der Waals surface area contributed by atoms with Gasteiger partial charge in [0.15, 0.2) is 0 Å². The minimum Gasteiger partial charge on any atom is -0.347 e. The fraction of sp³-hybridized carbons (Fsp3) is 0.0833. The molecule has 0 aliphatic carbocycles. The maximum Gasteiger partial charge on any atom is 0.269 e. The van der Waals surface area contributed by atoms with Crippen molar-refractivity contribution in [3.05, 3.63) is 99.9 Å². The molecule has 1 heterocycles. The zero-order chi connectivity index (χ0) is 22.0. The summed E-state index contributed by atoms with van der Waals surface area (Å²) in [6.45, 7) is 0.288. The number of rotatable bonds is 5. The van der Waals surface area contributed by atoms with Gasteiger partial charge in [0.1, 0.15) is 11.5 Å². The molecule has 0 aliphatic rings. The molecule has 0 bridgehead atoms. The second kappa shape index (κ2) is 8.73. The number of carbonyl (C=O) groups excluding carboxylic acids is 2. The first kappa shape index (κ1) is 20.8. The predicted octanol–water partition coefficient (Wildman–Crippen LogP) is 5.26. The number of para-hydroxylation sites is 1. The van der Waals surface area contributed by atoms with Crippen LogP contribution >= 0.6 is 15.9 Å². The molecule has 2 N–H and O–H groups in total. The van der Waals surface area contributed by atoms with E-state index >= 15 is 0 Å². The van der Waals surface area contributed by atoms with E-state index in [-0.39, 0.29) is 18.0 Å². The zero-order valence-corrected chi connectivity index (χ0v) is 18.2. The van der Waals surface area contributed by atoms with Crippen LogP contribution in [0.5, 0.6) is 0 Å². The van der Waals surface area contributed by atoms with Gasteiger partial charge < -0.3 is 15.2 Å². The first-order valence-electron chi connectivity index (χ1n) is 9.61. The van der Waals surface area contributed by atoms with Crippen molar-refractivity contribution < 1.29 is 14.0 Å². The van der Waals surface area contributed by atoms with E-state index < -0.39 is 11.7 Å². The number of hydrogen-bond acceptors (Lipinski definition) is 2. The number of aromatic nitrogens is 1. The Balaban J connectivity index is 1.46. The number of nitrogens with zero attached hydrogens (tertiary/aromatic N) is 1. The van der Waals surface area contributed by atoms with E-state index in [2.05, 4.69) is 26.6 Å². The van der Waals surface area contributed by atoms with Crippen molar-refractivity contribution >= 4 is 44.3 Å². The average Bonchev–Trinajstić information content (AvgIpc) is 3.03. The van der Waals surface area contributed by atoms with E-state index in [1.807, 2.05) is 41.9 Å². The van der Waals surface area contributed by atoms with Gasteiger partial charge in [-0.2, -0.15) is 0 Å². The zero-order valence-electron chi connectivity index (χ0n) is 16.7. The molecule has 0 aliphatic heterocycles. The standard InChI is InChI=1S/C24H19BrFN3O2/c1-29-20-11-3-2-10-19(20)21(25)22(29)24(31)27-14-15-6-4-9-18(12-15)28-23(30)16-7-5-8-17(26)13-16/h2-13H,14H2,1H3,(H,27,31)(H,28,30). The SMILES string of the molecule is Cn1c(C(=O)NCc2cccc(NC(=O)c3cccc(F)c3)c2)c(Br)c2ccccc21. The molecule has 0 saturated heterocycles. The van der Waals surface area contributed by atoms with Crippen molar-refractivity contribution in [2.75, 3.05) is 5.32 Å². The third kappa shape index (κ3) is 4.36. The Labute approximate surface area is 187 Å². The molecule has 156 valence electrons. The molecule has 0 saturated carbocycles. The summed E-state index contributed by atoms with van der Waals surface area (Å²) in [7, 11) is 1.85. The molecule has 5 nitrogen and oxygen atoms in total. The molecule has 4 aromatic rings. The summed E-state index contributed by atoms with van der Waals surface area (Å²) in [4.78, 5) is 25.2. The summed E-state index contributed by atoms with van der Waals surface area (Å²) in [6.07, 6.45) is 0. The topological polar surface area (TPSA) is 63.1 Å². The molecule has 0 radical (unpaired) electrons. The van der Waals surface area contributed by atoms with Crippen LogP contribution in [0.4, 0.5) is 10.1 Å². The van der Waals surface area contributed by atoms with Gasteiger partial charge in [0.25, 0.3) is 11.8 Å². The van der Waals surface area contributed by atoms with Gasteiger partial charge in [-0.1, -0.05) is 36.4 Å². The lowest BCUT2D eigenvalue weighted by Crippen LogP contribution is -2.25. The minimum absolute atomic E-state index is 0.209. The number of carbonyl (C=O) groups is 2. The second-order valence-corrected chi connectivity index (χ2v) is 7.88. The first-order chi connectivity index (χ1) is 14.9. The molecular weight excluding hydrogens is 461 g/mol. The maximum atomic E-state index is 13.3. The van der Waals surface area contributed by atoms with Crippen LogP contribution in [0.1, 0.15) is 26.4 Å². The first-order valence-corrected chi connectivity index (χ1v) is 10.4. The predicted molar refractivity (Wildman–Crippen MR) is 123 cm³/mol. The van der Waals surface area contributed by atoms with Crippen molar-refractivity contribution in [3.63, 3.8) is 0 Å². The average molecular weight is 480 g/mol. The van der Waals surface area contributed by atoms with Crippen LogP contribution in [0.15, 0.2) is 77.3 Å². The Morgan fingerprint density at radius 3 is 2.52 bits per heavy atom. The molecule has 0 spiro atoms. The molecule has 31 heavy (non-hydrogen) atoms. The van der Waals surface area contributed by atoms with Gasteiger partial charge in [-0.3, -0.25) is 9.59 Å². The molecule has 7 heteroatoms. The number of anilines is 1. The smallest absolute Gasteiger partial charge is 0.269 e. The molecule has 0 fully saturated rings. The van der Waals surface area contributed by atoms with Crippen LogP contribution in [0.25, 0.3) is 10.9 Å².